The molecule has 0 aliphatic heterocycles. The van der Waals surface area contributed by atoms with Crippen molar-refractivity contribution in [2.75, 3.05) is 0 Å². The van der Waals surface area contributed by atoms with E-state index >= 15 is 0 Å². The minimum atomic E-state index is 0.567. The van der Waals surface area contributed by atoms with Crippen LogP contribution in [-0.4, -0.2) is 15.0 Å². The molecular formula is C12H12N4S2. The quantitative estimate of drug-likeness (QED) is 0.637. The smallest absolute Gasteiger partial charge is 0.126 e. The molecule has 0 aliphatic carbocycles. The van der Waals surface area contributed by atoms with Crippen LogP contribution in [0.15, 0.2) is 10.4 Å². The molecule has 0 saturated heterocycles. The highest BCUT2D eigenvalue weighted by Gasteiger charge is 2.11. The van der Waals surface area contributed by atoms with Crippen molar-refractivity contribution in [1.82, 2.24) is 15.0 Å². The molecule has 2 aromatic rings. The summed E-state index contributed by atoms with van der Waals surface area (Å²) in [6, 6.07) is 2.17. The fourth-order valence-electron chi connectivity index (χ4n) is 1.53. The van der Waals surface area contributed by atoms with Gasteiger partial charge in [-0.3, -0.25) is 0 Å². The maximum atomic E-state index is 9.13. The number of nitriles is 1. The molecule has 0 unspecified atom stereocenters. The Bertz CT molecular complexity index is 613. The van der Waals surface area contributed by atoms with E-state index in [0.29, 0.717) is 11.4 Å². The second-order valence-electron chi connectivity index (χ2n) is 3.79. The van der Waals surface area contributed by atoms with Crippen molar-refractivity contribution in [3.63, 3.8) is 0 Å². The minimum absolute atomic E-state index is 0.567. The van der Waals surface area contributed by atoms with Gasteiger partial charge in [0.1, 0.15) is 22.5 Å². The number of aryl methyl sites for hydroxylation is 3. The number of thiazole rings is 1. The average molecular weight is 276 g/mol. The molecule has 0 N–H and O–H groups in total. The maximum Gasteiger partial charge on any atom is 0.126 e. The van der Waals surface area contributed by atoms with E-state index in [-0.39, 0.29) is 0 Å². The van der Waals surface area contributed by atoms with Crippen LogP contribution >= 0.6 is 23.1 Å². The van der Waals surface area contributed by atoms with Gasteiger partial charge in [-0.2, -0.15) is 5.26 Å². The summed E-state index contributed by atoms with van der Waals surface area (Å²) in [5.74, 6) is 1.43. The summed E-state index contributed by atoms with van der Waals surface area (Å²) in [5.41, 5.74) is 2.33. The molecule has 0 spiro atoms. The van der Waals surface area contributed by atoms with Gasteiger partial charge >= 0.3 is 0 Å². The lowest BCUT2D eigenvalue weighted by Gasteiger charge is -2.05. The normalized spacial score (nSPS) is 10.3. The van der Waals surface area contributed by atoms with Gasteiger partial charge in [0.2, 0.25) is 0 Å². The Hall–Kier alpha value is -1.45. The Balaban J connectivity index is 2.21. The number of hydrogen-bond donors (Lipinski definition) is 0. The maximum absolute atomic E-state index is 9.13. The van der Waals surface area contributed by atoms with Gasteiger partial charge < -0.3 is 0 Å². The number of aromatic nitrogens is 3. The number of rotatable bonds is 3. The number of nitrogens with zero attached hydrogens (tertiary/aromatic N) is 4. The van der Waals surface area contributed by atoms with Crippen LogP contribution in [0.3, 0.4) is 0 Å². The molecule has 0 aromatic carbocycles. The second-order valence-corrected chi connectivity index (χ2v) is 5.82. The van der Waals surface area contributed by atoms with Crippen LogP contribution in [0.4, 0.5) is 0 Å². The van der Waals surface area contributed by atoms with Crippen molar-refractivity contribution >= 4 is 23.1 Å². The van der Waals surface area contributed by atoms with Gasteiger partial charge in [-0.15, -0.1) is 11.3 Å². The van der Waals surface area contributed by atoms with Gasteiger partial charge in [-0.1, -0.05) is 11.8 Å². The van der Waals surface area contributed by atoms with E-state index in [1.54, 1.807) is 11.3 Å². The lowest BCUT2D eigenvalue weighted by atomic mass is 10.3. The van der Waals surface area contributed by atoms with E-state index in [9.17, 15) is 0 Å². The van der Waals surface area contributed by atoms with Crippen molar-refractivity contribution < 1.29 is 0 Å². The molecule has 4 nitrogen and oxygen atoms in total. The SMILES string of the molecule is Cc1nc(C)c(C#N)c(SCc2csc(C)n2)n1. The van der Waals surface area contributed by atoms with Crippen molar-refractivity contribution in [1.29, 1.82) is 5.26 Å². The molecule has 0 amide bonds. The molecule has 2 heterocycles. The Morgan fingerprint density at radius 2 is 2.06 bits per heavy atom. The molecule has 0 radical (unpaired) electrons. The first-order valence-electron chi connectivity index (χ1n) is 5.39. The lowest BCUT2D eigenvalue weighted by molar-refractivity contribution is 0.922. The highest BCUT2D eigenvalue weighted by atomic mass is 32.2. The van der Waals surface area contributed by atoms with Crippen LogP contribution in [0.1, 0.15) is 27.8 Å². The summed E-state index contributed by atoms with van der Waals surface area (Å²) in [6.07, 6.45) is 0. The average Bonchev–Trinajstić information content (AvgIpc) is 2.72. The summed E-state index contributed by atoms with van der Waals surface area (Å²) in [4.78, 5) is 12.9. The molecule has 0 saturated carbocycles. The molecule has 0 bridgehead atoms. The topological polar surface area (TPSA) is 62.5 Å². The minimum Gasteiger partial charge on any atom is -0.246 e. The van der Waals surface area contributed by atoms with Crippen molar-refractivity contribution in [2.24, 2.45) is 0 Å². The summed E-state index contributed by atoms with van der Waals surface area (Å²) < 4.78 is 0. The van der Waals surface area contributed by atoms with Gasteiger partial charge in [0, 0.05) is 11.1 Å². The third kappa shape index (κ3) is 2.86. The van der Waals surface area contributed by atoms with Gasteiger partial charge in [0.25, 0.3) is 0 Å². The van der Waals surface area contributed by atoms with Crippen LogP contribution in [-0.2, 0) is 5.75 Å². The Morgan fingerprint density at radius 1 is 1.28 bits per heavy atom. The van der Waals surface area contributed by atoms with Crippen LogP contribution in [0.25, 0.3) is 0 Å². The van der Waals surface area contributed by atoms with Gasteiger partial charge in [-0.25, -0.2) is 15.0 Å². The van der Waals surface area contributed by atoms with E-state index in [1.165, 1.54) is 11.8 Å². The predicted octanol–water partition coefficient (Wildman–Crippen LogP) is 3.02. The monoisotopic (exact) mass is 276 g/mol. The number of hydrogen-bond acceptors (Lipinski definition) is 6. The zero-order valence-corrected chi connectivity index (χ0v) is 12.0. The van der Waals surface area contributed by atoms with E-state index in [4.69, 9.17) is 5.26 Å². The van der Waals surface area contributed by atoms with Gasteiger partial charge in [0.05, 0.1) is 16.4 Å². The van der Waals surface area contributed by atoms with E-state index in [2.05, 4.69) is 21.0 Å². The van der Waals surface area contributed by atoms with Gasteiger partial charge in [0.15, 0.2) is 0 Å². The first-order valence-corrected chi connectivity index (χ1v) is 7.26. The zero-order valence-electron chi connectivity index (χ0n) is 10.4. The van der Waals surface area contributed by atoms with Crippen molar-refractivity contribution in [3.8, 4) is 6.07 Å². The largest absolute Gasteiger partial charge is 0.246 e. The molecule has 6 heteroatoms. The summed E-state index contributed by atoms with van der Waals surface area (Å²) in [6.45, 7) is 5.66. The molecule has 92 valence electrons. The fraction of sp³-hybridized carbons (Fsp3) is 0.333. The van der Waals surface area contributed by atoms with E-state index in [1.807, 2.05) is 26.2 Å². The number of thioether (sulfide) groups is 1. The highest BCUT2D eigenvalue weighted by Crippen LogP contribution is 2.26. The van der Waals surface area contributed by atoms with Crippen LogP contribution in [0, 0.1) is 32.1 Å². The summed E-state index contributed by atoms with van der Waals surface area (Å²) in [7, 11) is 0. The zero-order chi connectivity index (χ0) is 13.1. The Morgan fingerprint density at radius 3 is 2.67 bits per heavy atom. The molecule has 18 heavy (non-hydrogen) atoms. The van der Waals surface area contributed by atoms with Crippen LogP contribution in [0.5, 0.6) is 0 Å². The molecule has 0 fully saturated rings. The highest BCUT2D eigenvalue weighted by molar-refractivity contribution is 7.98. The molecule has 0 atom stereocenters. The fourth-order valence-corrected chi connectivity index (χ4v) is 3.22. The first-order chi connectivity index (χ1) is 8.60. The third-order valence-corrected chi connectivity index (χ3v) is 4.13. The summed E-state index contributed by atoms with van der Waals surface area (Å²) >= 11 is 3.17. The Kier molecular flexibility index (Phi) is 3.94. The van der Waals surface area contributed by atoms with E-state index < -0.39 is 0 Å². The third-order valence-electron chi connectivity index (χ3n) is 2.30. The first kappa shape index (κ1) is 13.0. The lowest BCUT2D eigenvalue weighted by Crippen LogP contribution is -1.99. The standard InChI is InChI=1S/C12H12N4S2/c1-7-11(4-13)12(15-8(2)14-7)18-6-10-5-17-9(3)16-10/h5H,6H2,1-3H3. The van der Waals surface area contributed by atoms with Gasteiger partial charge in [-0.05, 0) is 20.8 Å². The molecular weight excluding hydrogens is 264 g/mol. The second kappa shape index (κ2) is 5.46. The molecule has 2 aromatic heterocycles. The van der Waals surface area contributed by atoms with Crippen LogP contribution < -0.4 is 0 Å². The molecule has 2 rings (SSSR count). The van der Waals surface area contributed by atoms with Crippen LogP contribution in [0.2, 0.25) is 0 Å². The Labute approximate surface area is 114 Å². The van der Waals surface area contributed by atoms with Crippen molar-refractivity contribution in [3.05, 3.63) is 33.2 Å². The van der Waals surface area contributed by atoms with E-state index in [0.717, 1.165) is 27.2 Å². The summed E-state index contributed by atoms with van der Waals surface area (Å²) in [5, 5.41) is 13.0. The molecule has 0 aliphatic rings. The predicted molar refractivity (Wildman–Crippen MR) is 72.6 cm³/mol. The van der Waals surface area contributed by atoms with Crippen molar-refractivity contribution in [2.45, 2.75) is 31.6 Å².